The Bertz CT molecular complexity index is 435. The van der Waals surface area contributed by atoms with E-state index in [1.807, 2.05) is 6.92 Å². The predicted molar refractivity (Wildman–Crippen MR) is 72.9 cm³/mol. The summed E-state index contributed by atoms with van der Waals surface area (Å²) in [4.78, 5) is 18.6. The average Bonchev–Trinajstić information content (AvgIpc) is 2.42. The molecule has 18 heavy (non-hydrogen) atoms. The van der Waals surface area contributed by atoms with Gasteiger partial charge >= 0.3 is 0 Å². The summed E-state index contributed by atoms with van der Waals surface area (Å²) in [5.74, 6) is 0.495. The topological polar surface area (TPSA) is 50.2 Å². The summed E-state index contributed by atoms with van der Waals surface area (Å²) < 4.78 is 1.68. The van der Waals surface area contributed by atoms with Gasteiger partial charge in [0.1, 0.15) is 0 Å². The van der Waals surface area contributed by atoms with Crippen molar-refractivity contribution in [3.05, 3.63) is 22.7 Å². The van der Waals surface area contributed by atoms with Crippen LogP contribution in [-0.2, 0) is 6.54 Å². The van der Waals surface area contributed by atoms with Crippen LogP contribution in [0.5, 0.6) is 0 Å². The molecule has 1 aliphatic rings. The first-order valence-electron chi connectivity index (χ1n) is 6.79. The predicted octanol–water partition coefficient (Wildman–Crippen LogP) is 1.16. The average molecular weight is 250 g/mol. The van der Waals surface area contributed by atoms with Gasteiger partial charge in [0, 0.05) is 38.1 Å². The second-order valence-corrected chi connectivity index (χ2v) is 4.72. The lowest BCUT2D eigenvalue weighted by atomic mass is 10.1. The van der Waals surface area contributed by atoms with Gasteiger partial charge in [-0.15, -0.1) is 0 Å². The molecule has 1 N–H and O–H groups in total. The van der Waals surface area contributed by atoms with Crippen LogP contribution in [0.15, 0.2) is 17.2 Å². The zero-order chi connectivity index (χ0) is 13.0. The van der Waals surface area contributed by atoms with Gasteiger partial charge in [-0.05, 0) is 26.3 Å². The molecule has 2 rings (SSSR count). The second kappa shape index (κ2) is 6.00. The molecule has 2 heterocycles. The fraction of sp³-hybridized carbons (Fsp3) is 0.692. The fourth-order valence-electron chi connectivity index (χ4n) is 2.38. The summed E-state index contributed by atoms with van der Waals surface area (Å²) in [6.45, 7) is 8.15. The van der Waals surface area contributed by atoms with Crippen LogP contribution in [0.2, 0.25) is 0 Å². The third-order valence-electron chi connectivity index (χ3n) is 3.63. The Labute approximate surface area is 108 Å². The van der Waals surface area contributed by atoms with Crippen LogP contribution in [0.4, 0.5) is 5.82 Å². The lowest BCUT2D eigenvalue weighted by Gasteiger charge is -2.31. The van der Waals surface area contributed by atoms with Crippen LogP contribution < -0.4 is 10.9 Å². The van der Waals surface area contributed by atoms with Crippen molar-refractivity contribution in [3.63, 3.8) is 0 Å². The van der Waals surface area contributed by atoms with Gasteiger partial charge in [-0.2, -0.15) is 0 Å². The number of rotatable bonds is 4. The molecule has 0 aliphatic carbocycles. The molecule has 0 unspecified atom stereocenters. The standard InChI is InChI=1S/C13H22N4O/c1-3-16-8-5-11(6-9-16)15-12-13(18)17(4-2)10-7-14-12/h7,10-11H,3-6,8-9H2,1-2H3,(H,14,15). The summed E-state index contributed by atoms with van der Waals surface area (Å²) in [7, 11) is 0. The monoisotopic (exact) mass is 250 g/mol. The summed E-state index contributed by atoms with van der Waals surface area (Å²) in [5, 5.41) is 3.30. The largest absolute Gasteiger partial charge is 0.363 e. The van der Waals surface area contributed by atoms with Gasteiger partial charge in [0.25, 0.3) is 5.56 Å². The van der Waals surface area contributed by atoms with Gasteiger partial charge in [-0.1, -0.05) is 6.92 Å². The number of hydrogen-bond donors (Lipinski definition) is 1. The lowest BCUT2D eigenvalue weighted by molar-refractivity contribution is 0.229. The second-order valence-electron chi connectivity index (χ2n) is 4.72. The Kier molecular flexibility index (Phi) is 4.36. The van der Waals surface area contributed by atoms with Crippen molar-refractivity contribution >= 4 is 5.82 Å². The first kappa shape index (κ1) is 13.1. The lowest BCUT2D eigenvalue weighted by Crippen LogP contribution is -2.40. The van der Waals surface area contributed by atoms with Gasteiger partial charge in [0.2, 0.25) is 0 Å². The first-order valence-corrected chi connectivity index (χ1v) is 6.79. The molecule has 0 bridgehead atoms. The van der Waals surface area contributed by atoms with Gasteiger partial charge in [-0.25, -0.2) is 4.98 Å². The maximum Gasteiger partial charge on any atom is 0.293 e. The quantitative estimate of drug-likeness (QED) is 0.871. The molecule has 1 saturated heterocycles. The fourth-order valence-corrected chi connectivity index (χ4v) is 2.38. The SMILES string of the molecule is CCN1CCC(Nc2nccn(CC)c2=O)CC1. The molecule has 1 aliphatic heterocycles. The molecule has 1 aromatic rings. The molecule has 100 valence electrons. The molecule has 0 spiro atoms. The smallest absolute Gasteiger partial charge is 0.293 e. The zero-order valence-electron chi connectivity index (χ0n) is 11.2. The third-order valence-corrected chi connectivity index (χ3v) is 3.63. The minimum Gasteiger partial charge on any atom is -0.363 e. The van der Waals surface area contributed by atoms with Crippen molar-refractivity contribution < 1.29 is 0 Å². The molecule has 1 aromatic heterocycles. The number of anilines is 1. The van der Waals surface area contributed by atoms with E-state index in [1.54, 1.807) is 17.0 Å². The molecule has 0 atom stereocenters. The molecule has 0 saturated carbocycles. The highest BCUT2D eigenvalue weighted by molar-refractivity contribution is 5.32. The van der Waals surface area contributed by atoms with Crippen LogP contribution in [-0.4, -0.2) is 40.1 Å². The van der Waals surface area contributed by atoms with Gasteiger partial charge in [0.05, 0.1) is 0 Å². The molecule has 5 heteroatoms. The number of nitrogens with one attached hydrogen (secondary N) is 1. The highest BCUT2D eigenvalue weighted by Gasteiger charge is 2.19. The Morgan fingerprint density at radius 1 is 1.33 bits per heavy atom. The van der Waals surface area contributed by atoms with Gasteiger partial charge in [0.15, 0.2) is 5.82 Å². The number of piperidine rings is 1. The third kappa shape index (κ3) is 2.90. The summed E-state index contributed by atoms with van der Waals surface area (Å²) in [5.41, 5.74) is -0.0158. The molecule has 0 radical (unpaired) electrons. The van der Waals surface area contributed by atoms with Crippen LogP contribution in [0, 0.1) is 0 Å². The van der Waals surface area contributed by atoms with Crippen molar-refractivity contribution in [2.45, 2.75) is 39.3 Å². The Morgan fingerprint density at radius 3 is 2.67 bits per heavy atom. The van der Waals surface area contributed by atoms with E-state index in [2.05, 4.69) is 22.1 Å². The van der Waals surface area contributed by atoms with Crippen LogP contribution in [0.25, 0.3) is 0 Å². The normalized spacial score (nSPS) is 17.9. The number of likely N-dealkylation sites (tertiary alicyclic amines) is 1. The minimum absolute atomic E-state index is 0.0158. The van der Waals surface area contributed by atoms with Crippen molar-refractivity contribution in [2.75, 3.05) is 25.0 Å². The van der Waals surface area contributed by atoms with Crippen molar-refractivity contribution in [3.8, 4) is 0 Å². The molecule has 5 nitrogen and oxygen atoms in total. The Balaban J connectivity index is 2.00. The van der Waals surface area contributed by atoms with Crippen LogP contribution in [0.3, 0.4) is 0 Å². The maximum absolute atomic E-state index is 12.0. The first-order chi connectivity index (χ1) is 8.74. The Morgan fingerprint density at radius 2 is 2.06 bits per heavy atom. The summed E-state index contributed by atoms with van der Waals surface area (Å²) >= 11 is 0. The van der Waals surface area contributed by atoms with Gasteiger partial charge in [-0.3, -0.25) is 4.79 Å². The van der Waals surface area contributed by atoms with E-state index in [-0.39, 0.29) is 5.56 Å². The van der Waals surface area contributed by atoms with E-state index in [0.29, 0.717) is 18.4 Å². The summed E-state index contributed by atoms with van der Waals surface area (Å²) in [6.07, 6.45) is 5.58. The van der Waals surface area contributed by atoms with E-state index >= 15 is 0 Å². The molecule has 0 amide bonds. The van der Waals surface area contributed by atoms with Crippen LogP contribution in [0.1, 0.15) is 26.7 Å². The van der Waals surface area contributed by atoms with Crippen molar-refractivity contribution in [1.82, 2.24) is 14.5 Å². The maximum atomic E-state index is 12.0. The van der Waals surface area contributed by atoms with E-state index in [1.165, 1.54) is 0 Å². The number of nitrogens with zero attached hydrogens (tertiary/aromatic N) is 3. The van der Waals surface area contributed by atoms with E-state index in [0.717, 1.165) is 32.5 Å². The zero-order valence-corrected chi connectivity index (χ0v) is 11.2. The van der Waals surface area contributed by atoms with E-state index < -0.39 is 0 Å². The van der Waals surface area contributed by atoms with Crippen molar-refractivity contribution in [2.24, 2.45) is 0 Å². The molecule has 0 aromatic carbocycles. The number of hydrogen-bond acceptors (Lipinski definition) is 4. The molecule has 1 fully saturated rings. The van der Waals surface area contributed by atoms with Crippen LogP contribution >= 0.6 is 0 Å². The van der Waals surface area contributed by atoms with E-state index in [9.17, 15) is 4.79 Å². The van der Waals surface area contributed by atoms with Gasteiger partial charge < -0.3 is 14.8 Å². The molecular weight excluding hydrogens is 228 g/mol. The minimum atomic E-state index is -0.0158. The Hall–Kier alpha value is -1.36. The molecular formula is C13H22N4O. The highest BCUT2D eigenvalue weighted by atomic mass is 16.1. The number of aryl methyl sites for hydroxylation is 1. The summed E-state index contributed by atoms with van der Waals surface area (Å²) in [6, 6.07) is 0.376. The van der Waals surface area contributed by atoms with E-state index in [4.69, 9.17) is 0 Å². The highest BCUT2D eigenvalue weighted by Crippen LogP contribution is 2.12. The number of aromatic nitrogens is 2. The van der Waals surface area contributed by atoms with Crippen molar-refractivity contribution in [1.29, 1.82) is 0 Å².